The minimum atomic E-state index is 0.121. The summed E-state index contributed by atoms with van der Waals surface area (Å²) in [4.78, 5) is 0. The highest BCUT2D eigenvalue weighted by Crippen LogP contribution is 2.30. The minimum absolute atomic E-state index is 0.121. The number of aryl methyl sites for hydroxylation is 2. The summed E-state index contributed by atoms with van der Waals surface area (Å²) in [6, 6.07) is 10.5. The maximum Gasteiger partial charge on any atom is 0.102 e. The fourth-order valence-corrected chi connectivity index (χ4v) is 2.89. The molecular weight excluding hydrogens is 264 g/mol. The zero-order chi connectivity index (χ0) is 14.5. The van der Waals surface area contributed by atoms with Crippen LogP contribution in [-0.4, -0.2) is 21.6 Å². The molecule has 0 amide bonds. The molecule has 5 heteroatoms. The molecular formula is C16H22N4O. The van der Waals surface area contributed by atoms with Crippen LogP contribution in [-0.2, 0) is 24.2 Å². The Morgan fingerprint density at radius 3 is 2.86 bits per heavy atom. The van der Waals surface area contributed by atoms with Gasteiger partial charge in [-0.3, -0.25) is 0 Å². The lowest BCUT2D eigenvalue weighted by atomic mass is 10.1. The molecule has 0 bridgehead atoms. The molecule has 1 aromatic heterocycles. The van der Waals surface area contributed by atoms with E-state index in [0.29, 0.717) is 6.54 Å². The maximum absolute atomic E-state index is 5.79. The second-order valence-electron chi connectivity index (χ2n) is 5.44. The van der Waals surface area contributed by atoms with Gasteiger partial charge in [0, 0.05) is 19.7 Å². The van der Waals surface area contributed by atoms with E-state index in [9.17, 15) is 0 Å². The van der Waals surface area contributed by atoms with Crippen LogP contribution in [0.4, 0.5) is 0 Å². The highest BCUT2D eigenvalue weighted by atomic mass is 16.5. The average Bonchev–Trinajstić information content (AvgIpc) is 3.16. The van der Waals surface area contributed by atoms with Gasteiger partial charge in [0.1, 0.15) is 11.8 Å². The molecule has 1 aliphatic heterocycles. The van der Waals surface area contributed by atoms with Crippen LogP contribution in [0.25, 0.3) is 0 Å². The highest BCUT2D eigenvalue weighted by Gasteiger charge is 2.25. The SMILES string of the molecule is NCc1nnn(CCCc2ccccc2)c1C1CCCO1. The molecule has 3 rings (SSSR count). The van der Waals surface area contributed by atoms with Crippen molar-refractivity contribution >= 4 is 0 Å². The van der Waals surface area contributed by atoms with Crippen molar-refractivity contribution in [2.75, 3.05) is 6.61 Å². The van der Waals surface area contributed by atoms with Gasteiger partial charge in [-0.05, 0) is 31.2 Å². The van der Waals surface area contributed by atoms with E-state index < -0.39 is 0 Å². The number of nitrogens with zero attached hydrogens (tertiary/aromatic N) is 3. The van der Waals surface area contributed by atoms with Crippen molar-refractivity contribution < 1.29 is 4.74 Å². The Morgan fingerprint density at radius 2 is 2.14 bits per heavy atom. The molecule has 2 aromatic rings. The van der Waals surface area contributed by atoms with E-state index in [-0.39, 0.29) is 6.10 Å². The lowest BCUT2D eigenvalue weighted by Gasteiger charge is -2.13. The normalized spacial score (nSPS) is 18.2. The molecule has 0 radical (unpaired) electrons. The van der Waals surface area contributed by atoms with Gasteiger partial charge in [0.2, 0.25) is 0 Å². The van der Waals surface area contributed by atoms with E-state index in [2.05, 4.69) is 34.6 Å². The van der Waals surface area contributed by atoms with Crippen molar-refractivity contribution in [3.8, 4) is 0 Å². The Kier molecular flexibility index (Phi) is 4.62. The number of rotatable bonds is 6. The van der Waals surface area contributed by atoms with Gasteiger partial charge in [-0.25, -0.2) is 4.68 Å². The van der Waals surface area contributed by atoms with Crippen molar-refractivity contribution in [1.82, 2.24) is 15.0 Å². The lowest BCUT2D eigenvalue weighted by molar-refractivity contribution is 0.103. The molecule has 1 unspecified atom stereocenters. The third-order valence-corrected chi connectivity index (χ3v) is 3.95. The van der Waals surface area contributed by atoms with E-state index in [0.717, 1.165) is 50.2 Å². The first-order valence-electron chi connectivity index (χ1n) is 7.66. The first-order valence-corrected chi connectivity index (χ1v) is 7.66. The molecule has 2 heterocycles. The van der Waals surface area contributed by atoms with Crippen LogP contribution in [0.1, 0.15) is 42.3 Å². The van der Waals surface area contributed by atoms with E-state index >= 15 is 0 Å². The monoisotopic (exact) mass is 286 g/mol. The number of aromatic nitrogens is 3. The van der Waals surface area contributed by atoms with Crippen LogP contribution in [0.5, 0.6) is 0 Å². The fourth-order valence-electron chi connectivity index (χ4n) is 2.89. The standard InChI is InChI=1S/C16H22N4O/c17-12-14-16(15-9-5-11-21-15)20(19-18-14)10-4-8-13-6-2-1-3-7-13/h1-3,6-7,15H,4-5,8-12,17H2. The second kappa shape index (κ2) is 6.83. The van der Waals surface area contributed by atoms with Gasteiger partial charge in [-0.2, -0.15) is 0 Å². The molecule has 0 spiro atoms. The average molecular weight is 286 g/mol. The summed E-state index contributed by atoms with van der Waals surface area (Å²) >= 11 is 0. The summed E-state index contributed by atoms with van der Waals surface area (Å²) < 4.78 is 7.78. The van der Waals surface area contributed by atoms with Crippen LogP contribution >= 0.6 is 0 Å². The smallest absolute Gasteiger partial charge is 0.102 e. The topological polar surface area (TPSA) is 66.0 Å². The zero-order valence-electron chi connectivity index (χ0n) is 12.2. The predicted molar refractivity (Wildman–Crippen MR) is 80.6 cm³/mol. The number of benzene rings is 1. The Balaban J connectivity index is 1.66. The third kappa shape index (κ3) is 3.31. The largest absolute Gasteiger partial charge is 0.372 e. The lowest BCUT2D eigenvalue weighted by Crippen LogP contribution is -2.12. The van der Waals surface area contributed by atoms with Gasteiger partial charge in [0.15, 0.2) is 0 Å². The maximum atomic E-state index is 5.79. The van der Waals surface area contributed by atoms with Gasteiger partial charge in [-0.1, -0.05) is 35.5 Å². The molecule has 1 aromatic carbocycles. The second-order valence-corrected chi connectivity index (χ2v) is 5.44. The van der Waals surface area contributed by atoms with Gasteiger partial charge in [0.25, 0.3) is 0 Å². The summed E-state index contributed by atoms with van der Waals surface area (Å²) in [6.45, 7) is 2.11. The summed E-state index contributed by atoms with van der Waals surface area (Å²) in [7, 11) is 0. The number of hydrogen-bond donors (Lipinski definition) is 1. The Bertz CT molecular complexity index is 561. The van der Waals surface area contributed by atoms with Crippen LogP contribution in [0, 0.1) is 0 Å². The Hall–Kier alpha value is -1.72. The van der Waals surface area contributed by atoms with Crippen LogP contribution < -0.4 is 5.73 Å². The van der Waals surface area contributed by atoms with Crippen LogP contribution in [0.2, 0.25) is 0 Å². The third-order valence-electron chi connectivity index (χ3n) is 3.95. The van der Waals surface area contributed by atoms with Crippen LogP contribution in [0.3, 0.4) is 0 Å². The molecule has 1 fully saturated rings. The molecule has 2 N–H and O–H groups in total. The first kappa shape index (κ1) is 14.2. The Labute approximate surface area is 125 Å². The summed E-state index contributed by atoms with van der Waals surface area (Å²) in [5.41, 5.74) is 9.10. The first-order chi connectivity index (χ1) is 10.4. The van der Waals surface area contributed by atoms with Crippen molar-refractivity contribution in [2.24, 2.45) is 5.73 Å². The quantitative estimate of drug-likeness (QED) is 0.884. The predicted octanol–water partition coefficient (Wildman–Crippen LogP) is 2.22. The molecule has 5 nitrogen and oxygen atoms in total. The molecule has 1 atom stereocenters. The van der Waals surface area contributed by atoms with E-state index in [1.54, 1.807) is 0 Å². The number of nitrogens with two attached hydrogens (primary N) is 1. The summed E-state index contributed by atoms with van der Waals surface area (Å²) in [5.74, 6) is 0. The van der Waals surface area contributed by atoms with Gasteiger partial charge < -0.3 is 10.5 Å². The number of hydrogen-bond acceptors (Lipinski definition) is 4. The molecule has 1 aliphatic rings. The van der Waals surface area contributed by atoms with Crippen molar-refractivity contribution in [1.29, 1.82) is 0 Å². The van der Waals surface area contributed by atoms with Crippen molar-refractivity contribution in [3.05, 3.63) is 47.3 Å². The van der Waals surface area contributed by atoms with Gasteiger partial charge in [0.05, 0.1) is 5.69 Å². The number of ether oxygens (including phenoxy) is 1. The molecule has 0 aliphatic carbocycles. The van der Waals surface area contributed by atoms with Crippen LogP contribution in [0.15, 0.2) is 30.3 Å². The zero-order valence-corrected chi connectivity index (χ0v) is 12.2. The summed E-state index contributed by atoms with van der Waals surface area (Å²) in [5, 5.41) is 8.48. The van der Waals surface area contributed by atoms with E-state index in [4.69, 9.17) is 10.5 Å². The highest BCUT2D eigenvalue weighted by molar-refractivity contribution is 5.16. The summed E-state index contributed by atoms with van der Waals surface area (Å²) in [6.07, 6.45) is 4.35. The molecule has 0 saturated carbocycles. The van der Waals surface area contributed by atoms with Crippen molar-refractivity contribution in [2.45, 2.75) is 44.9 Å². The van der Waals surface area contributed by atoms with Gasteiger partial charge >= 0.3 is 0 Å². The van der Waals surface area contributed by atoms with Crippen molar-refractivity contribution in [3.63, 3.8) is 0 Å². The molecule has 21 heavy (non-hydrogen) atoms. The molecule has 112 valence electrons. The van der Waals surface area contributed by atoms with Gasteiger partial charge in [-0.15, -0.1) is 5.10 Å². The molecule has 1 saturated heterocycles. The van der Waals surface area contributed by atoms with E-state index in [1.807, 2.05) is 10.7 Å². The fraction of sp³-hybridized carbons (Fsp3) is 0.500. The minimum Gasteiger partial charge on any atom is -0.372 e. The Morgan fingerprint density at radius 1 is 1.29 bits per heavy atom. The van der Waals surface area contributed by atoms with E-state index in [1.165, 1.54) is 5.56 Å².